The number of nitrogens with zero attached hydrogens (tertiary/aromatic N) is 3. The molecule has 12 heteroatoms. The molecule has 0 radical (unpaired) electrons. The Morgan fingerprint density at radius 1 is 0.600 bits per heavy atom. The van der Waals surface area contributed by atoms with Crippen LogP contribution in [0.25, 0.3) is 0 Å². The molecule has 6 nitrogen and oxygen atoms in total. The first-order valence-electron chi connectivity index (χ1n) is 2.46. The quantitative estimate of drug-likeness (QED) is 0.488. The van der Waals surface area contributed by atoms with E-state index in [2.05, 4.69) is 0 Å². The minimum absolute atomic E-state index is 0. The van der Waals surface area contributed by atoms with E-state index in [1.54, 1.807) is 0 Å². The Hall–Kier alpha value is 2.28. The van der Waals surface area contributed by atoms with Crippen LogP contribution >= 0.6 is 35.3 Å². The summed E-state index contributed by atoms with van der Waals surface area (Å²) in [5.74, 6) is 0. The monoisotopic (exact) mass is 303 g/mol. The third-order valence-electron chi connectivity index (χ3n) is 1.01. The summed E-state index contributed by atoms with van der Waals surface area (Å²) >= 11 is 15.3. The van der Waals surface area contributed by atoms with Crippen molar-refractivity contribution in [1.29, 1.82) is 0 Å². The van der Waals surface area contributed by atoms with Crippen molar-refractivity contribution in [2.75, 3.05) is 0 Å². The Kier molecular flexibility index (Phi) is 13.8. The van der Waals surface area contributed by atoms with Crippen LogP contribution in [-0.2, 0) is 0 Å². The zero-order chi connectivity index (χ0) is 9.46. The third-order valence-corrected chi connectivity index (χ3v) is 1.88. The molecule has 1 aromatic heterocycles. The summed E-state index contributed by atoms with van der Waals surface area (Å²) in [6, 6.07) is 0. The molecule has 72 valence electrons. The van der Waals surface area contributed by atoms with Gasteiger partial charge in [-0.15, -0.1) is 12.3 Å². The predicted molar refractivity (Wildman–Crippen MR) is 64.4 cm³/mol. The molecule has 0 aromatic carbocycles. The van der Waals surface area contributed by atoms with Gasteiger partial charge in [-0.25, -0.2) is 14.4 Å². The van der Waals surface area contributed by atoms with Crippen LogP contribution in [0.5, 0.6) is 0 Å². The van der Waals surface area contributed by atoms with Crippen molar-refractivity contribution >= 4 is 124 Å². The van der Waals surface area contributed by atoms with Gasteiger partial charge in [-0.2, -0.15) is 0 Å². The van der Waals surface area contributed by atoms with Crippen LogP contribution in [0, 0.1) is 0 Å². The van der Waals surface area contributed by atoms with E-state index >= 15 is 0 Å². The number of hydrogen-bond acceptors (Lipinski definition) is 3. The van der Waals surface area contributed by atoms with E-state index in [4.69, 9.17) is 35.3 Å². The second kappa shape index (κ2) is 9.24. The number of hydrogen-bond donors (Lipinski definition) is 0. The van der Waals surface area contributed by atoms with Crippen molar-refractivity contribution < 1.29 is 0 Å². The average Bonchev–Trinajstić information content (AvgIpc) is 2.08. The fourth-order valence-electron chi connectivity index (χ4n) is 0.477. The molecule has 0 aliphatic rings. The number of rotatable bonds is 0. The Balaban J connectivity index is -0.000000480. The van der Waals surface area contributed by atoms with E-state index in [1.165, 1.54) is 0 Å². The van der Waals surface area contributed by atoms with E-state index < -0.39 is 17.1 Å². The Labute approximate surface area is 165 Å². The molecule has 0 atom stereocenters. The Morgan fingerprint density at radius 3 is 0.867 bits per heavy atom. The molecule has 0 aliphatic carbocycles. The first-order chi connectivity index (χ1) is 5.46. The molecule has 0 bridgehead atoms. The van der Waals surface area contributed by atoms with Crippen LogP contribution in [0.2, 0.25) is 0 Å². The van der Waals surface area contributed by atoms with E-state index in [0.717, 1.165) is 0 Å². The minimum atomic E-state index is -1.16. The zero-order valence-electron chi connectivity index (χ0n) is 5.20. The number of halogens is 3. The first-order valence-corrected chi connectivity index (χ1v) is 3.48. The van der Waals surface area contributed by atoms with Gasteiger partial charge in [-0.1, -0.05) is 0 Å². The van der Waals surface area contributed by atoms with Crippen LogP contribution in [0.4, 0.5) is 0 Å². The maximum atomic E-state index is 10.8. The molecule has 0 saturated heterocycles. The van der Waals surface area contributed by atoms with Crippen molar-refractivity contribution in [1.82, 2.24) is 12.3 Å². The molecule has 0 spiro atoms. The van der Waals surface area contributed by atoms with Gasteiger partial charge in [-0.3, -0.25) is 0 Å². The standard InChI is InChI=1S/C3Cl3N3O3.3Na.3H/c4-7-1(10)8(5)3(12)9(6)2(7)11;;;;;;. The summed E-state index contributed by atoms with van der Waals surface area (Å²) < 4.78 is 0.254. The van der Waals surface area contributed by atoms with Gasteiger partial charge in [0.25, 0.3) is 0 Å². The molecular formula is C3H3Cl3N3Na3O3. The van der Waals surface area contributed by atoms with Crippen molar-refractivity contribution in [3.63, 3.8) is 0 Å². The summed E-state index contributed by atoms with van der Waals surface area (Å²) in [6.45, 7) is 0. The summed E-state index contributed by atoms with van der Waals surface area (Å²) in [4.78, 5) is 32.3. The topological polar surface area (TPSA) is 66.0 Å². The maximum absolute atomic E-state index is 10.8. The van der Waals surface area contributed by atoms with Gasteiger partial charge >= 0.3 is 106 Å². The van der Waals surface area contributed by atoms with Crippen molar-refractivity contribution in [3.8, 4) is 0 Å². The Bertz CT molecular complexity index is 391. The summed E-state index contributed by atoms with van der Waals surface area (Å²) in [6.07, 6.45) is 0. The normalized spacial score (nSPS) is 8.20. The van der Waals surface area contributed by atoms with Gasteiger partial charge < -0.3 is 0 Å². The van der Waals surface area contributed by atoms with Crippen molar-refractivity contribution in [3.05, 3.63) is 31.5 Å². The van der Waals surface area contributed by atoms with Crippen LogP contribution in [-0.4, -0.2) is 101 Å². The van der Waals surface area contributed by atoms with Gasteiger partial charge in [0, 0.05) is 35.3 Å². The SMILES string of the molecule is O=c1n(Cl)c(=O)n(Cl)c(=O)n1Cl.[NaH].[NaH].[NaH]. The molecule has 1 heterocycles. The average molecular weight is 304 g/mol. The molecule has 0 N–H and O–H groups in total. The van der Waals surface area contributed by atoms with Crippen LogP contribution < -0.4 is 17.1 Å². The fraction of sp³-hybridized carbons (Fsp3) is 0. The van der Waals surface area contributed by atoms with E-state index in [0.29, 0.717) is 0 Å². The molecule has 1 aromatic rings. The molecule has 0 aliphatic heterocycles. The zero-order valence-corrected chi connectivity index (χ0v) is 7.47. The van der Waals surface area contributed by atoms with Gasteiger partial charge in [-0.05, 0) is 0 Å². The fourth-order valence-corrected chi connectivity index (χ4v) is 1.05. The molecule has 0 fully saturated rings. The van der Waals surface area contributed by atoms with Gasteiger partial charge in [0.2, 0.25) is 0 Å². The first kappa shape index (κ1) is 22.5. The van der Waals surface area contributed by atoms with Gasteiger partial charge in [0.15, 0.2) is 0 Å². The summed E-state index contributed by atoms with van der Waals surface area (Å²) in [5.41, 5.74) is -3.49. The molecule has 1 rings (SSSR count). The summed E-state index contributed by atoms with van der Waals surface area (Å²) in [5, 5.41) is 0. The molecule has 0 amide bonds. The summed E-state index contributed by atoms with van der Waals surface area (Å²) in [7, 11) is 0. The second-order valence-corrected chi connectivity index (χ2v) is 2.70. The van der Waals surface area contributed by atoms with Crippen molar-refractivity contribution in [2.45, 2.75) is 0 Å². The van der Waals surface area contributed by atoms with Gasteiger partial charge in [0.1, 0.15) is 0 Å². The molecule has 0 unspecified atom stereocenters. The Morgan fingerprint density at radius 2 is 0.733 bits per heavy atom. The van der Waals surface area contributed by atoms with Crippen LogP contribution in [0.1, 0.15) is 0 Å². The molecule has 0 saturated carbocycles. The number of aromatic nitrogens is 3. The predicted octanol–water partition coefficient (Wildman–Crippen LogP) is -2.77. The molecule has 15 heavy (non-hydrogen) atoms. The van der Waals surface area contributed by atoms with E-state index in [9.17, 15) is 14.4 Å². The third kappa shape index (κ3) is 4.81. The molecular weight excluding hydrogens is 301 g/mol. The van der Waals surface area contributed by atoms with E-state index in [-0.39, 0.29) is 101 Å². The van der Waals surface area contributed by atoms with Crippen LogP contribution in [0.15, 0.2) is 14.4 Å². The second-order valence-electron chi connectivity index (χ2n) is 1.69. The van der Waals surface area contributed by atoms with Gasteiger partial charge in [0.05, 0.1) is 0 Å². The van der Waals surface area contributed by atoms with E-state index in [1.807, 2.05) is 0 Å². The van der Waals surface area contributed by atoms with Crippen molar-refractivity contribution in [2.24, 2.45) is 0 Å². The van der Waals surface area contributed by atoms with Crippen LogP contribution in [0.3, 0.4) is 0 Å².